The molecule has 0 amide bonds. The van der Waals surface area contributed by atoms with Gasteiger partial charge in [-0.1, -0.05) is 0 Å². The first-order valence-corrected chi connectivity index (χ1v) is 7.59. The monoisotopic (exact) mass is 369 g/mol. The van der Waals surface area contributed by atoms with Crippen LogP contribution in [0.15, 0.2) is 27.7 Å². The molecule has 1 N–H and O–H groups in total. The van der Waals surface area contributed by atoms with Crippen molar-refractivity contribution in [2.75, 3.05) is 5.32 Å². The second-order valence-corrected chi connectivity index (χ2v) is 5.89. The van der Waals surface area contributed by atoms with Crippen LogP contribution < -0.4 is 5.32 Å². The molecule has 110 valence electrons. The van der Waals surface area contributed by atoms with Crippen molar-refractivity contribution < 1.29 is 4.42 Å². The number of nitrogens with one attached hydrogen (secondary N) is 1. The molecule has 8 heteroatoms. The van der Waals surface area contributed by atoms with Gasteiger partial charge in [-0.25, -0.2) is 4.98 Å². The van der Waals surface area contributed by atoms with Gasteiger partial charge in [0.1, 0.15) is 0 Å². The first-order valence-electron chi connectivity index (χ1n) is 6.42. The molecule has 3 heterocycles. The Kier molecular flexibility index (Phi) is 3.86. The Labute approximate surface area is 134 Å². The number of anilines is 1. The lowest BCUT2D eigenvalue weighted by Gasteiger charge is -2.09. The van der Waals surface area contributed by atoms with Crippen LogP contribution in [0, 0.1) is 0 Å². The summed E-state index contributed by atoms with van der Waals surface area (Å²) in [7, 11) is 0. The first kappa shape index (κ1) is 14.3. The third-order valence-corrected chi connectivity index (χ3v) is 3.96. The van der Waals surface area contributed by atoms with Crippen LogP contribution in [0.5, 0.6) is 0 Å². The predicted octanol–water partition coefficient (Wildman–Crippen LogP) is 4.03. The van der Waals surface area contributed by atoms with Crippen molar-refractivity contribution in [1.29, 1.82) is 0 Å². The largest absolute Gasteiger partial charge is 0.457 e. The summed E-state index contributed by atoms with van der Waals surface area (Å²) in [5, 5.41) is 3.42. The smallest absolute Gasteiger partial charge is 0.226 e. The van der Waals surface area contributed by atoms with E-state index in [-0.39, 0.29) is 11.3 Å². The van der Waals surface area contributed by atoms with Crippen LogP contribution in [-0.4, -0.2) is 19.5 Å². The predicted molar refractivity (Wildman–Crippen MR) is 84.5 cm³/mol. The van der Waals surface area contributed by atoms with Crippen molar-refractivity contribution in [3.63, 3.8) is 0 Å². The Morgan fingerprint density at radius 1 is 1.43 bits per heavy atom. The highest BCUT2D eigenvalue weighted by molar-refractivity contribution is 9.10. The topological polar surface area (TPSA) is 68.8 Å². The maximum atomic E-state index is 6.02. The molecule has 3 aromatic rings. The maximum Gasteiger partial charge on any atom is 0.226 e. The van der Waals surface area contributed by atoms with Gasteiger partial charge in [0, 0.05) is 18.2 Å². The molecule has 0 atom stereocenters. The third-order valence-electron chi connectivity index (χ3n) is 3.09. The van der Waals surface area contributed by atoms with Crippen LogP contribution in [-0.2, 0) is 6.54 Å². The molecule has 0 fully saturated rings. The van der Waals surface area contributed by atoms with Crippen LogP contribution in [0.3, 0.4) is 0 Å². The van der Waals surface area contributed by atoms with Crippen molar-refractivity contribution in [3.05, 3.63) is 34.2 Å². The van der Waals surface area contributed by atoms with Crippen LogP contribution in [0.1, 0.15) is 25.5 Å². The molecule has 0 spiro atoms. The number of fused-ring (bicyclic) bond motifs is 1. The molecule has 21 heavy (non-hydrogen) atoms. The fourth-order valence-electron chi connectivity index (χ4n) is 2.02. The van der Waals surface area contributed by atoms with Gasteiger partial charge in [0.2, 0.25) is 5.28 Å². The van der Waals surface area contributed by atoms with Crippen molar-refractivity contribution >= 4 is 44.5 Å². The van der Waals surface area contributed by atoms with Crippen molar-refractivity contribution in [3.8, 4) is 0 Å². The molecular weight excluding hydrogens is 358 g/mol. The van der Waals surface area contributed by atoms with Crippen molar-refractivity contribution in [2.45, 2.75) is 26.4 Å². The Hall–Kier alpha value is -1.60. The van der Waals surface area contributed by atoms with Gasteiger partial charge in [0.25, 0.3) is 0 Å². The van der Waals surface area contributed by atoms with Crippen LogP contribution in [0.4, 0.5) is 5.82 Å². The number of imidazole rings is 1. The van der Waals surface area contributed by atoms with E-state index in [1.807, 2.05) is 10.6 Å². The van der Waals surface area contributed by atoms with Gasteiger partial charge < -0.3 is 14.3 Å². The van der Waals surface area contributed by atoms with Crippen LogP contribution >= 0.6 is 27.5 Å². The third kappa shape index (κ3) is 2.75. The molecule has 0 aromatic carbocycles. The van der Waals surface area contributed by atoms with E-state index < -0.39 is 0 Å². The number of furan rings is 1. The molecule has 0 saturated heterocycles. The molecule has 0 bridgehead atoms. The minimum Gasteiger partial charge on any atom is -0.457 e. The van der Waals surface area contributed by atoms with Gasteiger partial charge in [-0.15, -0.1) is 0 Å². The minimum absolute atomic E-state index is 0.193. The molecular formula is C13H13BrClN5O. The zero-order valence-corrected chi connectivity index (χ0v) is 13.8. The van der Waals surface area contributed by atoms with Crippen molar-refractivity contribution in [1.82, 2.24) is 19.5 Å². The Balaban J connectivity index is 1.96. The molecule has 0 aliphatic heterocycles. The Bertz CT molecular complexity index is 782. The van der Waals surface area contributed by atoms with E-state index in [9.17, 15) is 0 Å². The number of aromatic nitrogens is 4. The average molecular weight is 371 g/mol. The van der Waals surface area contributed by atoms with E-state index in [4.69, 9.17) is 16.0 Å². The first-order chi connectivity index (χ1) is 10.1. The lowest BCUT2D eigenvalue weighted by Crippen LogP contribution is -2.05. The molecule has 0 aliphatic rings. The highest BCUT2D eigenvalue weighted by atomic mass is 79.9. The van der Waals surface area contributed by atoms with Gasteiger partial charge >= 0.3 is 0 Å². The summed E-state index contributed by atoms with van der Waals surface area (Å²) in [6.07, 6.45) is 3.37. The summed E-state index contributed by atoms with van der Waals surface area (Å²) in [6.45, 7) is 4.67. The summed E-state index contributed by atoms with van der Waals surface area (Å²) in [5.74, 6) is 0.609. The molecule has 0 radical (unpaired) electrons. The maximum absolute atomic E-state index is 6.02. The number of halogens is 2. The zero-order valence-electron chi connectivity index (χ0n) is 11.5. The van der Waals surface area contributed by atoms with Crippen molar-refractivity contribution in [2.24, 2.45) is 0 Å². The standard InChI is InChI=1S/C13H13BrClN5O/c1-7(2)20-6-17-9-11(18-13(15)19-12(9)20)16-5-8-3-4-21-10(8)14/h3-4,6-7H,5H2,1-2H3,(H,16,18,19). The molecule has 6 nitrogen and oxygen atoms in total. The summed E-state index contributed by atoms with van der Waals surface area (Å²) in [5.41, 5.74) is 2.41. The van der Waals surface area contributed by atoms with E-state index in [1.54, 1.807) is 12.6 Å². The van der Waals surface area contributed by atoms with Gasteiger partial charge in [0.05, 0.1) is 12.6 Å². The lowest BCUT2D eigenvalue weighted by atomic mass is 10.3. The number of hydrogen-bond acceptors (Lipinski definition) is 5. The SMILES string of the molecule is CC(C)n1cnc2c(NCc3ccoc3Br)nc(Cl)nc21. The van der Waals surface area contributed by atoms with E-state index in [0.717, 1.165) is 11.2 Å². The molecule has 0 saturated carbocycles. The molecule has 3 rings (SSSR count). The summed E-state index contributed by atoms with van der Waals surface area (Å²) in [4.78, 5) is 12.9. The highest BCUT2D eigenvalue weighted by Gasteiger charge is 2.14. The Morgan fingerprint density at radius 2 is 2.24 bits per heavy atom. The number of hydrogen-bond donors (Lipinski definition) is 1. The summed E-state index contributed by atoms with van der Waals surface area (Å²) < 4.78 is 7.85. The fraction of sp³-hybridized carbons (Fsp3) is 0.308. The van der Waals surface area contributed by atoms with E-state index in [2.05, 4.69) is 50.0 Å². The minimum atomic E-state index is 0.193. The second-order valence-electron chi connectivity index (χ2n) is 4.83. The van der Waals surface area contributed by atoms with Crippen LogP contribution in [0.2, 0.25) is 5.28 Å². The fourth-order valence-corrected chi connectivity index (χ4v) is 2.56. The second kappa shape index (κ2) is 5.65. The lowest BCUT2D eigenvalue weighted by molar-refractivity contribution is 0.537. The van der Waals surface area contributed by atoms with E-state index in [1.165, 1.54) is 0 Å². The molecule has 0 aliphatic carbocycles. The normalized spacial score (nSPS) is 11.5. The summed E-state index contributed by atoms with van der Waals surface area (Å²) >= 11 is 9.36. The van der Waals surface area contributed by atoms with E-state index in [0.29, 0.717) is 22.5 Å². The summed E-state index contributed by atoms with van der Waals surface area (Å²) in [6, 6.07) is 2.13. The number of rotatable bonds is 4. The number of nitrogens with zero attached hydrogens (tertiary/aromatic N) is 4. The van der Waals surface area contributed by atoms with E-state index >= 15 is 0 Å². The zero-order chi connectivity index (χ0) is 15.0. The van der Waals surface area contributed by atoms with Gasteiger partial charge in [-0.3, -0.25) is 0 Å². The average Bonchev–Trinajstić information content (AvgIpc) is 3.02. The van der Waals surface area contributed by atoms with Gasteiger partial charge in [-0.05, 0) is 47.4 Å². The van der Waals surface area contributed by atoms with Gasteiger partial charge in [-0.2, -0.15) is 9.97 Å². The van der Waals surface area contributed by atoms with Crippen LogP contribution in [0.25, 0.3) is 11.2 Å². The molecule has 3 aromatic heterocycles. The highest BCUT2D eigenvalue weighted by Crippen LogP contribution is 2.25. The Morgan fingerprint density at radius 3 is 2.90 bits per heavy atom. The van der Waals surface area contributed by atoms with Gasteiger partial charge in [0.15, 0.2) is 21.7 Å². The quantitative estimate of drug-likeness (QED) is 0.702. The molecule has 0 unspecified atom stereocenters.